The first-order valence-electron chi connectivity index (χ1n) is 5.64. The third-order valence-electron chi connectivity index (χ3n) is 2.67. The fourth-order valence-electron chi connectivity index (χ4n) is 1.79. The quantitative estimate of drug-likeness (QED) is 0.811. The second kappa shape index (κ2) is 5.07. The number of amides is 1. The maximum Gasteiger partial charge on any atom is 0.221 e. The number of hydrogen-bond acceptors (Lipinski definition) is 5. The highest BCUT2D eigenvalue weighted by molar-refractivity contribution is 7.88. The van der Waals surface area contributed by atoms with Crippen molar-refractivity contribution in [2.45, 2.75) is 19.1 Å². The number of aromatic nitrogens is 1. The topological polar surface area (TPSA) is 92.5 Å². The summed E-state index contributed by atoms with van der Waals surface area (Å²) in [5.41, 5.74) is 0.385. The molecule has 8 heteroatoms. The molecule has 18 heavy (non-hydrogen) atoms. The van der Waals surface area contributed by atoms with Gasteiger partial charge in [0.2, 0.25) is 15.9 Å². The molecule has 0 radical (unpaired) electrons. The van der Waals surface area contributed by atoms with Gasteiger partial charge in [-0.3, -0.25) is 4.79 Å². The van der Waals surface area contributed by atoms with Crippen molar-refractivity contribution >= 4 is 15.9 Å². The van der Waals surface area contributed by atoms with Gasteiger partial charge in [-0.15, -0.1) is 0 Å². The van der Waals surface area contributed by atoms with E-state index in [2.05, 4.69) is 10.5 Å². The average Bonchev–Trinajstić information content (AvgIpc) is 2.55. The van der Waals surface area contributed by atoms with E-state index in [0.717, 1.165) is 0 Å². The van der Waals surface area contributed by atoms with Gasteiger partial charge >= 0.3 is 0 Å². The lowest BCUT2D eigenvalue weighted by Crippen LogP contribution is -2.35. The predicted octanol–water partition coefficient (Wildman–Crippen LogP) is -0.365. The first kappa shape index (κ1) is 13.0. The summed E-state index contributed by atoms with van der Waals surface area (Å²) in [6.07, 6.45) is 0.192. The molecular weight excluding hydrogens is 258 g/mol. The van der Waals surface area contributed by atoms with Crippen molar-refractivity contribution in [3.63, 3.8) is 0 Å². The number of rotatable bonds is 3. The van der Waals surface area contributed by atoms with Crippen LogP contribution in [0, 0.1) is 6.92 Å². The maximum atomic E-state index is 12.1. The van der Waals surface area contributed by atoms with Gasteiger partial charge in [-0.2, -0.15) is 4.31 Å². The van der Waals surface area contributed by atoms with Crippen LogP contribution in [0.1, 0.15) is 17.9 Å². The molecule has 1 amide bonds. The number of aryl methyl sites for hydroxylation is 1. The number of carbonyl (C=O) groups is 1. The van der Waals surface area contributed by atoms with Crippen LogP contribution in [-0.4, -0.2) is 43.4 Å². The minimum Gasteiger partial charge on any atom is -0.361 e. The smallest absolute Gasteiger partial charge is 0.221 e. The molecule has 0 saturated carbocycles. The Morgan fingerprint density at radius 3 is 2.94 bits per heavy atom. The van der Waals surface area contributed by atoms with Crippen molar-refractivity contribution in [2.75, 3.05) is 19.6 Å². The Balaban J connectivity index is 2.08. The molecule has 1 aliphatic heterocycles. The van der Waals surface area contributed by atoms with Gasteiger partial charge in [0, 0.05) is 32.1 Å². The lowest BCUT2D eigenvalue weighted by atomic mass is 10.4. The number of nitrogens with one attached hydrogen (secondary N) is 1. The van der Waals surface area contributed by atoms with E-state index in [4.69, 9.17) is 4.52 Å². The van der Waals surface area contributed by atoms with Crippen molar-refractivity contribution in [1.29, 1.82) is 0 Å². The van der Waals surface area contributed by atoms with Gasteiger partial charge in [0.15, 0.2) is 0 Å². The number of carbonyl (C=O) groups excluding carboxylic acids is 1. The van der Waals surface area contributed by atoms with Crippen molar-refractivity contribution in [2.24, 2.45) is 0 Å². The Bertz CT molecular complexity index is 537. The average molecular weight is 273 g/mol. The summed E-state index contributed by atoms with van der Waals surface area (Å²) in [7, 11) is -3.45. The molecule has 0 atom stereocenters. The van der Waals surface area contributed by atoms with Gasteiger partial charge in [0.05, 0.1) is 0 Å². The second-order valence-corrected chi connectivity index (χ2v) is 6.15. The van der Waals surface area contributed by atoms with Gasteiger partial charge in [-0.05, 0) is 6.92 Å². The van der Waals surface area contributed by atoms with E-state index in [1.807, 2.05) is 0 Å². The third kappa shape index (κ3) is 3.08. The SMILES string of the molecule is Cc1cc(CS(=O)(=O)N2CCNC(=O)CC2)no1. The van der Waals surface area contributed by atoms with Crippen LogP contribution < -0.4 is 5.32 Å². The van der Waals surface area contributed by atoms with Crippen LogP contribution in [0.2, 0.25) is 0 Å². The molecule has 0 aromatic carbocycles. The standard InChI is InChI=1S/C10H15N3O4S/c1-8-6-9(12-17-8)7-18(15,16)13-4-2-10(14)11-3-5-13/h6H,2-5,7H2,1H3,(H,11,14). The number of sulfonamides is 1. The first-order chi connectivity index (χ1) is 8.47. The monoisotopic (exact) mass is 273 g/mol. The van der Waals surface area contributed by atoms with Crippen LogP contribution in [0.25, 0.3) is 0 Å². The van der Waals surface area contributed by atoms with E-state index in [-0.39, 0.29) is 24.6 Å². The molecule has 1 aliphatic rings. The zero-order valence-electron chi connectivity index (χ0n) is 10.0. The molecule has 0 spiro atoms. The van der Waals surface area contributed by atoms with E-state index in [9.17, 15) is 13.2 Å². The van der Waals surface area contributed by atoms with Crippen molar-refractivity contribution in [3.05, 3.63) is 17.5 Å². The van der Waals surface area contributed by atoms with Crippen LogP contribution in [0.4, 0.5) is 0 Å². The largest absolute Gasteiger partial charge is 0.361 e. The first-order valence-corrected chi connectivity index (χ1v) is 7.25. The maximum absolute atomic E-state index is 12.1. The van der Waals surface area contributed by atoms with Crippen molar-refractivity contribution in [3.8, 4) is 0 Å². The van der Waals surface area contributed by atoms with E-state index in [1.54, 1.807) is 13.0 Å². The van der Waals surface area contributed by atoms with Crippen LogP contribution in [0.15, 0.2) is 10.6 Å². The van der Waals surface area contributed by atoms with E-state index < -0.39 is 10.0 Å². The van der Waals surface area contributed by atoms with Crippen LogP contribution in [0.5, 0.6) is 0 Å². The Labute approximate surface area is 105 Å². The van der Waals surface area contributed by atoms with Crippen molar-refractivity contribution in [1.82, 2.24) is 14.8 Å². The van der Waals surface area contributed by atoms with Gasteiger partial charge in [0.1, 0.15) is 17.2 Å². The Kier molecular flexibility index (Phi) is 3.67. The zero-order valence-corrected chi connectivity index (χ0v) is 10.9. The number of hydrogen-bond donors (Lipinski definition) is 1. The van der Waals surface area contributed by atoms with Crippen LogP contribution >= 0.6 is 0 Å². The van der Waals surface area contributed by atoms with Gasteiger partial charge in [-0.25, -0.2) is 8.42 Å². The predicted molar refractivity (Wildman–Crippen MR) is 63.1 cm³/mol. The summed E-state index contributed by atoms with van der Waals surface area (Å²) in [5, 5.41) is 6.31. The highest BCUT2D eigenvalue weighted by atomic mass is 32.2. The second-order valence-electron chi connectivity index (χ2n) is 4.18. The Hall–Kier alpha value is -1.41. The molecule has 1 aromatic rings. The summed E-state index contributed by atoms with van der Waals surface area (Å²) in [6.45, 7) is 2.56. The summed E-state index contributed by atoms with van der Waals surface area (Å²) in [4.78, 5) is 11.2. The Morgan fingerprint density at radius 2 is 2.28 bits per heavy atom. The summed E-state index contributed by atoms with van der Waals surface area (Å²) >= 11 is 0. The van der Waals surface area contributed by atoms with Gasteiger partial charge in [0.25, 0.3) is 0 Å². The minimum atomic E-state index is -3.45. The summed E-state index contributed by atoms with van der Waals surface area (Å²) in [6, 6.07) is 1.60. The summed E-state index contributed by atoms with van der Waals surface area (Å²) < 4.78 is 30.4. The molecule has 2 rings (SSSR count). The molecule has 1 aromatic heterocycles. The fraction of sp³-hybridized carbons (Fsp3) is 0.600. The molecule has 1 N–H and O–H groups in total. The molecular formula is C10H15N3O4S. The van der Waals surface area contributed by atoms with Gasteiger partial charge in [-0.1, -0.05) is 5.16 Å². The van der Waals surface area contributed by atoms with E-state index >= 15 is 0 Å². The molecule has 1 fully saturated rings. The number of nitrogens with zero attached hydrogens (tertiary/aromatic N) is 2. The molecule has 2 heterocycles. The lowest BCUT2D eigenvalue weighted by Gasteiger charge is -2.18. The Morgan fingerprint density at radius 1 is 1.50 bits per heavy atom. The fourth-order valence-corrected chi connectivity index (χ4v) is 3.22. The molecule has 7 nitrogen and oxygen atoms in total. The van der Waals surface area contributed by atoms with Crippen LogP contribution in [-0.2, 0) is 20.6 Å². The molecule has 100 valence electrons. The normalized spacial score (nSPS) is 18.4. The highest BCUT2D eigenvalue weighted by Gasteiger charge is 2.26. The van der Waals surface area contributed by atoms with Crippen molar-refractivity contribution < 1.29 is 17.7 Å². The molecule has 0 unspecified atom stereocenters. The zero-order chi connectivity index (χ0) is 13.2. The summed E-state index contributed by atoms with van der Waals surface area (Å²) in [5.74, 6) is 0.260. The van der Waals surface area contributed by atoms with E-state index in [1.165, 1.54) is 4.31 Å². The van der Waals surface area contributed by atoms with Crippen LogP contribution in [0.3, 0.4) is 0 Å². The lowest BCUT2D eigenvalue weighted by molar-refractivity contribution is -0.120. The molecule has 0 bridgehead atoms. The third-order valence-corrected chi connectivity index (χ3v) is 4.48. The molecule has 1 saturated heterocycles. The molecule has 0 aliphatic carbocycles. The highest BCUT2D eigenvalue weighted by Crippen LogP contribution is 2.12. The van der Waals surface area contributed by atoms with E-state index in [0.29, 0.717) is 24.5 Å². The van der Waals surface area contributed by atoms with Gasteiger partial charge < -0.3 is 9.84 Å². The minimum absolute atomic E-state index is 0.120.